The van der Waals surface area contributed by atoms with E-state index in [2.05, 4.69) is 66.8 Å². The number of aromatic nitrogens is 2. The van der Waals surface area contributed by atoms with Crippen molar-refractivity contribution >= 4 is 16.9 Å². The van der Waals surface area contributed by atoms with Gasteiger partial charge in [-0.3, -0.25) is 4.79 Å². The third-order valence-corrected chi connectivity index (χ3v) is 7.86. The van der Waals surface area contributed by atoms with Crippen LogP contribution in [0.5, 0.6) is 5.75 Å². The molecule has 5 heteroatoms. The standard InChI is InChI=1S/C28H35N3O2/c1-18-6-5-7-21(14-18)19(2)28(32)31-12-13-33-27-11-9-22(15-24(27)17-31)23-8-10-25-26(16-23)30(4)20(3)29-25/h8-11,15-16,18-19,21H,5-7,12-14,17H2,1-4H3. The van der Waals surface area contributed by atoms with Crippen molar-refractivity contribution in [1.29, 1.82) is 0 Å². The van der Waals surface area contributed by atoms with Gasteiger partial charge < -0.3 is 14.2 Å². The predicted octanol–water partition coefficient (Wildman–Crippen LogP) is 5.73. The second-order valence-electron chi connectivity index (χ2n) is 10.2. The molecule has 0 N–H and O–H groups in total. The maximum absolute atomic E-state index is 13.5. The first-order chi connectivity index (χ1) is 15.9. The zero-order valence-corrected chi connectivity index (χ0v) is 20.3. The molecular weight excluding hydrogens is 410 g/mol. The first kappa shape index (κ1) is 22.0. The van der Waals surface area contributed by atoms with E-state index in [1.807, 2.05) is 11.8 Å². The summed E-state index contributed by atoms with van der Waals surface area (Å²) in [6.45, 7) is 8.30. The van der Waals surface area contributed by atoms with Crippen LogP contribution >= 0.6 is 0 Å². The number of rotatable bonds is 3. The van der Waals surface area contributed by atoms with E-state index >= 15 is 0 Å². The summed E-state index contributed by atoms with van der Waals surface area (Å²) in [5, 5.41) is 0. The van der Waals surface area contributed by atoms with Gasteiger partial charge in [-0.15, -0.1) is 0 Å². The van der Waals surface area contributed by atoms with Gasteiger partial charge in [0.05, 0.1) is 17.6 Å². The minimum Gasteiger partial charge on any atom is -0.491 e. The van der Waals surface area contributed by atoms with Crippen LogP contribution in [0.2, 0.25) is 0 Å². The van der Waals surface area contributed by atoms with Crippen LogP contribution in [0.3, 0.4) is 0 Å². The SMILES string of the molecule is Cc1nc2ccc(-c3ccc4c(c3)CN(C(=O)C(C)C3CCCC(C)C3)CCO4)cc2n1C. The van der Waals surface area contributed by atoms with Crippen molar-refractivity contribution in [2.24, 2.45) is 24.8 Å². The van der Waals surface area contributed by atoms with Crippen LogP contribution in [0.15, 0.2) is 36.4 Å². The number of nitrogens with zero attached hydrogens (tertiary/aromatic N) is 3. The Bertz CT molecular complexity index is 1180. The fourth-order valence-corrected chi connectivity index (χ4v) is 5.68. The minimum atomic E-state index is 0.0768. The van der Waals surface area contributed by atoms with E-state index in [1.54, 1.807) is 0 Å². The lowest BCUT2D eigenvalue weighted by Gasteiger charge is -2.33. The van der Waals surface area contributed by atoms with Crippen LogP contribution in [0, 0.1) is 24.7 Å². The largest absolute Gasteiger partial charge is 0.491 e. The van der Waals surface area contributed by atoms with Gasteiger partial charge in [0.25, 0.3) is 0 Å². The average Bonchev–Trinajstić information content (AvgIpc) is 2.98. The Morgan fingerprint density at radius 3 is 2.76 bits per heavy atom. The van der Waals surface area contributed by atoms with Crippen molar-refractivity contribution in [3.63, 3.8) is 0 Å². The third-order valence-electron chi connectivity index (χ3n) is 7.86. The molecule has 1 saturated carbocycles. The van der Waals surface area contributed by atoms with Gasteiger partial charge in [0, 0.05) is 25.1 Å². The molecule has 3 aromatic rings. The van der Waals surface area contributed by atoms with Gasteiger partial charge in [-0.1, -0.05) is 38.8 Å². The highest BCUT2D eigenvalue weighted by Crippen LogP contribution is 2.36. The quantitative estimate of drug-likeness (QED) is 0.517. The van der Waals surface area contributed by atoms with E-state index in [0.717, 1.165) is 45.2 Å². The van der Waals surface area contributed by atoms with E-state index in [0.29, 0.717) is 25.6 Å². The van der Waals surface area contributed by atoms with Crippen LogP contribution in [0.25, 0.3) is 22.2 Å². The Morgan fingerprint density at radius 2 is 1.94 bits per heavy atom. The number of imidazole rings is 1. The topological polar surface area (TPSA) is 47.4 Å². The van der Waals surface area contributed by atoms with Gasteiger partial charge in [0.2, 0.25) is 5.91 Å². The number of hydrogen-bond acceptors (Lipinski definition) is 3. The summed E-state index contributed by atoms with van der Waals surface area (Å²) in [7, 11) is 2.05. The second kappa shape index (κ2) is 8.85. The van der Waals surface area contributed by atoms with Crippen molar-refractivity contribution in [2.45, 2.75) is 53.0 Å². The minimum absolute atomic E-state index is 0.0768. The molecule has 5 rings (SSSR count). The Labute approximate surface area is 196 Å². The Hall–Kier alpha value is -2.82. The molecule has 174 valence electrons. The molecule has 0 bridgehead atoms. The number of benzene rings is 2. The summed E-state index contributed by atoms with van der Waals surface area (Å²) >= 11 is 0. The van der Waals surface area contributed by atoms with Crippen LogP contribution in [0.1, 0.15) is 50.9 Å². The highest BCUT2D eigenvalue weighted by atomic mass is 16.5. The summed E-state index contributed by atoms with van der Waals surface area (Å²) in [5.41, 5.74) is 5.52. The van der Waals surface area contributed by atoms with E-state index in [-0.39, 0.29) is 11.8 Å². The monoisotopic (exact) mass is 445 g/mol. The molecule has 1 amide bonds. The lowest BCUT2D eigenvalue weighted by atomic mass is 9.76. The highest BCUT2D eigenvalue weighted by molar-refractivity contribution is 5.83. The summed E-state index contributed by atoms with van der Waals surface area (Å²) in [6, 6.07) is 12.8. The molecule has 1 fully saturated rings. The number of carbonyl (C=O) groups is 1. The molecule has 5 nitrogen and oxygen atoms in total. The van der Waals surface area contributed by atoms with E-state index in [1.165, 1.54) is 25.7 Å². The normalized spacial score (nSPS) is 21.9. The Morgan fingerprint density at radius 1 is 1.15 bits per heavy atom. The lowest BCUT2D eigenvalue weighted by Crippen LogP contribution is -2.39. The molecule has 3 unspecified atom stereocenters. The maximum Gasteiger partial charge on any atom is 0.226 e. The van der Waals surface area contributed by atoms with E-state index in [9.17, 15) is 4.79 Å². The van der Waals surface area contributed by atoms with Crippen LogP contribution in [-0.2, 0) is 18.4 Å². The van der Waals surface area contributed by atoms with Gasteiger partial charge in [0.1, 0.15) is 18.2 Å². The number of fused-ring (bicyclic) bond motifs is 2. The zero-order chi connectivity index (χ0) is 23.1. The van der Waals surface area contributed by atoms with E-state index < -0.39 is 0 Å². The van der Waals surface area contributed by atoms with Gasteiger partial charge in [-0.05, 0) is 67.0 Å². The lowest BCUT2D eigenvalue weighted by molar-refractivity contribution is -0.138. The predicted molar refractivity (Wildman–Crippen MR) is 132 cm³/mol. The summed E-state index contributed by atoms with van der Waals surface area (Å²) < 4.78 is 8.17. The Kier molecular flexibility index (Phi) is 5.90. The fourth-order valence-electron chi connectivity index (χ4n) is 5.68. The summed E-state index contributed by atoms with van der Waals surface area (Å²) in [4.78, 5) is 20.1. The van der Waals surface area contributed by atoms with Gasteiger partial charge >= 0.3 is 0 Å². The first-order valence-corrected chi connectivity index (χ1v) is 12.4. The molecule has 3 atom stereocenters. The van der Waals surface area contributed by atoms with Crippen molar-refractivity contribution < 1.29 is 9.53 Å². The van der Waals surface area contributed by atoms with Crippen LogP contribution in [0.4, 0.5) is 0 Å². The Balaban J connectivity index is 1.40. The smallest absolute Gasteiger partial charge is 0.226 e. The molecule has 1 aliphatic carbocycles. The number of ether oxygens (including phenoxy) is 1. The molecule has 2 aliphatic rings. The summed E-state index contributed by atoms with van der Waals surface area (Å²) in [6.07, 6.45) is 4.90. The molecular formula is C28H35N3O2. The second-order valence-corrected chi connectivity index (χ2v) is 10.2. The molecule has 0 radical (unpaired) electrons. The molecule has 2 aromatic carbocycles. The van der Waals surface area contributed by atoms with Crippen molar-refractivity contribution in [2.75, 3.05) is 13.2 Å². The molecule has 33 heavy (non-hydrogen) atoms. The van der Waals surface area contributed by atoms with Gasteiger partial charge in [0.15, 0.2) is 0 Å². The van der Waals surface area contributed by atoms with Crippen LogP contribution in [-0.4, -0.2) is 33.5 Å². The number of amides is 1. The molecule has 2 heterocycles. The van der Waals surface area contributed by atoms with Gasteiger partial charge in [-0.2, -0.15) is 0 Å². The fraction of sp³-hybridized carbons (Fsp3) is 0.500. The first-order valence-electron chi connectivity index (χ1n) is 12.4. The van der Waals surface area contributed by atoms with Crippen LogP contribution < -0.4 is 4.74 Å². The molecule has 1 aromatic heterocycles. The third kappa shape index (κ3) is 4.25. The maximum atomic E-state index is 13.5. The zero-order valence-electron chi connectivity index (χ0n) is 20.3. The van der Waals surface area contributed by atoms with Crippen molar-refractivity contribution in [1.82, 2.24) is 14.5 Å². The highest BCUT2D eigenvalue weighted by Gasteiger charge is 2.32. The molecule has 1 aliphatic heterocycles. The number of aryl methyl sites for hydroxylation is 2. The van der Waals surface area contributed by atoms with Crippen molar-refractivity contribution in [3.05, 3.63) is 47.8 Å². The summed E-state index contributed by atoms with van der Waals surface area (Å²) in [5.74, 6) is 3.50. The number of carbonyl (C=O) groups excluding carboxylic acids is 1. The van der Waals surface area contributed by atoms with E-state index in [4.69, 9.17) is 4.74 Å². The molecule has 0 spiro atoms. The molecule has 0 saturated heterocycles. The van der Waals surface area contributed by atoms with Crippen molar-refractivity contribution in [3.8, 4) is 16.9 Å². The number of hydrogen-bond donors (Lipinski definition) is 0. The van der Waals surface area contributed by atoms with Gasteiger partial charge in [-0.25, -0.2) is 4.98 Å². The average molecular weight is 446 g/mol.